The van der Waals surface area contributed by atoms with Crippen LogP contribution in [0.4, 0.5) is 11.5 Å². The van der Waals surface area contributed by atoms with Gasteiger partial charge < -0.3 is 14.8 Å². The largest absolute Gasteiger partial charge is 0.744 e. The minimum absolute atomic E-state index is 0.110. The van der Waals surface area contributed by atoms with Crippen molar-refractivity contribution in [3.8, 4) is 0 Å². The van der Waals surface area contributed by atoms with Crippen LogP contribution in [-0.4, -0.2) is 79.7 Å². The van der Waals surface area contributed by atoms with Gasteiger partial charge in [-0.25, -0.2) is 13.0 Å². The van der Waals surface area contributed by atoms with Crippen molar-refractivity contribution >= 4 is 71.1 Å². The number of amides is 3. The van der Waals surface area contributed by atoms with Gasteiger partial charge in [-0.2, -0.15) is 8.42 Å². The number of carbonyl (C=O) groups excluding carboxylic acids is 3. The highest BCUT2D eigenvalue weighted by atomic mass is 79.9. The Balaban J connectivity index is 1.26. The number of aryl methyl sites for hydroxylation is 1. The maximum absolute atomic E-state index is 12.4. The molecule has 0 aliphatic carbocycles. The number of rotatable bonds is 17. The number of imide groups is 1. The van der Waals surface area contributed by atoms with Gasteiger partial charge in [-0.1, -0.05) is 38.5 Å². The molecule has 4 heterocycles. The van der Waals surface area contributed by atoms with Gasteiger partial charge in [0.2, 0.25) is 5.91 Å². The first-order valence-corrected chi connectivity index (χ1v) is 22.0. The van der Waals surface area contributed by atoms with Crippen LogP contribution in [0.2, 0.25) is 0 Å². The summed E-state index contributed by atoms with van der Waals surface area (Å²) in [5, 5.41) is 2.75. The monoisotopic (exact) mass is 871 g/mol. The molecule has 0 atom stereocenters. The third kappa shape index (κ3) is 9.98. The van der Waals surface area contributed by atoms with Gasteiger partial charge in [-0.3, -0.25) is 23.8 Å². The maximum Gasteiger partial charge on any atom is 0.327 e. The van der Waals surface area contributed by atoms with Gasteiger partial charge in [-0.05, 0) is 89.6 Å². The van der Waals surface area contributed by atoms with Crippen LogP contribution >= 0.6 is 15.9 Å². The van der Waals surface area contributed by atoms with E-state index in [1.54, 1.807) is 6.07 Å². The summed E-state index contributed by atoms with van der Waals surface area (Å²) in [4.78, 5) is 43.6. The number of hydrogen-bond acceptors (Lipinski definition) is 10. The van der Waals surface area contributed by atoms with Crippen molar-refractivity contribution in [2.24, 2.45) is 4.99 Å². The van der Waals surface area contributed by atoms with E-state index in [-0.39, 0.29) is 42.5 Å². The third-order valence-electron chi connectivity index (χ3n) is 10.1. The van der Waals surface area contributed by atoms with E-state index in [9.17, 15) is 40.3 Å². The zero-order valence-electron chi connectivity index (χ0n) is 31.7. The summed E-state index contributed by atoms with van der Waals surface area (Å²) < 4.78 is 70.3. The lowest BCUT2D eigenvalue weighted by Crippen LogP contribution is -2.38. The Kier molecular flexibility index (Phi) is 13.1. The highest BCUT2D eigenvalue weighted by Crippen LogP contribution is 2.48. The second-order valence-electron chi connectivity index (χ2n) is 14.9. The summed E-state index contributed by atoms with van der Waals surface area (Å²) in [6.07, 6.45) is 16.3. The molecule has 2 N–H and O–H groups in total. The number of pyridine rings is 1. The Morgan fingerprint density at radius 3 is 2.32 bits per heavy atom. The molecule has 3 aliphatic rings. The summed E-state index contributed by atoms with van der Waals surface area (Å²) in [6.45, 7) is 9.27. The molecule has 300 valence electrons. The fraction of sp³-hybridized carbons (Fsp3) is 0.410. The molecule has 0 unspecified atom stereocenters. The minimum atomic E-state index is -4.67. The van der Waals surface area contributed by atoms with E-state index in [1.165, 1.54) is 24.3 Å². The van der Waals surface area contributed by atoms with Gasteiger partial charge >= 0.3 is 5.82 Å². The fourth-order valence-electron chi connectivity index (χ4n) is 7.10. The molecular formula is C39H46BrN5O9S2. The Labute approximate surface area is 336 Å². The number of aliphatic imine (C=N–C) groups is 1. The number of hydrogen-bond donors (Lipinski definition) is 2. The number of nitrogens with zero attached hydrogens (tertiary/aromatic N) is 4. The molecule has 1 aromatic heterocycles. The number of unbranched alkanes of at least 4 members (excludes halogenated alkanes) is 2. The predicted molar refractivity (Wildman–Crippen MR) is 214 cm³/mol. The van der Waals surface area contributed by atoms with E-state index in [4.69, 9.17) is 4.99 Å². The molecule has 0 saturated heterocycles. The highest BCUT2D eigenvalue weighted by Gasteiger charge is 2.43. The molecule has 0 bridgehead atoms. The van der Waals surface area contributed by atoms with Crippen LogP contribution in [0.1, 0.15) is 70.9 Å². The summed E-state index contributed by atoms with van der Waals surface area (Å²) in [6, 6.07) is 6.43. The number of allylic oxidation sites excluding steroid dienone is 6. The summed E-state index contributed by atoms with van der Waals surface area (Å²) in [7, 11) is -8.76. The number of fused-ring (bicyclic) bond motifs is 2. The fourth-order valence-corrected chi connectivity index (χ4v) is 8.57. The number of carbonyl (C=O) groups is 3. The first kappa shape index (κ1) is 42.8. The van der Waals surface area contributed by atoms with E-state index in [0.29, 0.717) is 30.9 Å². The first-order chi connectivity index (χ1) is 26.2. The molecule has 1 aromatic carbocycles. The van der Waals surface area contributed by atoms with Crippen LogP contribution < -0.4 is 14.8 Å². The third-order valence-corrected chi connectivity index (χ3v) is 12.2. The van der Waals surface area contributed by atoms with E-state index in [2.05, 4.69) is 40.0 Å². The van der Waals surface area contributed by atoms with Gasteiger partial charge in [-0.15, -0.1) is 0 Å². The first-order valence-electron chi connectivity index (χ1n) is 18.2. The molecule has 17 heteroatoms. The molecule has 5 rings (SSSR count). The van der Waals surface area contributed by atoms with E-state index < -0.39 is 42.9 Å². The molecule has 0 saturated carbocycles. The molecule has 0 fully saturated rings. The zero-order chi connectivity index (χ0) is 41.1. The molecule has 3 aliphatic heterocycles. The van der Waals surface area contributed by atoms with Crippen molar-refractivity contribution in [2.75, 3.05) is 30.3 Å². The van der Waals surface area contributed by atoms with Gasteiger partial charge in [0.05, 0.1) is 32.6 Å². The lowest BCUT2D eigenvalue weighted by atomic mass is 9.82. The van der Waals surface area contributed by atoms with Gasteiger partial charge in [0, 0.05) is 61.4 Å². The van der Waals surface area contributed by atoms with Crippen molar-refractivity contribution in [3.05, 3.63) is 94.3 Å². The second kappa shape index (κ2) is 17.1. The Bertz CT molecular complexity index is 2280. The van der Waals surface area contributed by atoms with Crippen molar-refractivity contribution in [1.82, 2.24) is 10.2 Å². The molecule has 0 radical (unpaired) electrons. The average Bonchev–Trinajstić information content (AvgIpc) is 3.64. The zero-order valence-corrected chi connectivity index (χ0v) is 34.9. The van der Waals surface area contributed by atoms with Crippen LogP contribution in [0.5, 0.6) is 0 Å². The van der Waals surface area contributed by atoms with Crippen LogP contribution in [-0.2, 0) is 52.0 Å². The van der Waals surface area contributed by atoms with Crippen LogP contribution in [0, 0.1) is 0 Å². The molecule has 0 spiro atoms. The van der Waals surface area contributed by atoms with Crippen molar-refractivity contribution in [1.29, 1.82) is 0 Å². The molecule has 14 nitrogen and oxygen atoms in total. The number of aromatic nitrogens is 1. The predicted octanol–water partition coefficient (Wildman–Crippen LogP) is 4.68. The van der Waals surface area contributed by atoms with Gasteiger partial charge in [0.15, 0.2) is 5.71 Å². The quantitative estimate of drug-likeness (QED) is 0.0741. The molecule has 3 amide bonds. The van der Waals surface area contributed by atoms with Crippen molar-refractivity contribution < 1.29 is 44.9 Å². The minimum Gasteiger partial charge on any atom is -0.744 e. The normalized spacial score (nSPS) is 18.1. The molecule has 2 aromatic rings. The number of anilines is 1. The van der Waals surface area contributed by atoms with Crippen molar-refractivity contribution in [2.45, 2.75) is 82.1 Å². The summed E-state index contributed by atoms with van der Waals surface area (Å²) >= 11 is 3.55. The topological polar surface area (TPSA) is 198 Å². The summed E-state index contributed by atoms with van der Waals surface area (Å²) in [5.74, 6) is -0.600. The molecular weight excluding hydrogens is 826 g/mol. The number of halogens is 1. The van der Waals surface area contributed by atoms with Crippen molar-refractivity contribution in [3.63, 3.8) is 0 Å². The smallest absolute Gasteiger partial charge is 0.327 e. The standard InChI is InChI=1S/C39H46BrN5O9S2/c1-38(2)30-24-27(40)26-43(20-11-23-55(49,50)51)37(30)42-32(38)12-7-5-8-13-33-39(3,4)29-25-28(56(52,53)54)15-16-31(29)44(33)21-10-6-9-14-34(46)41-19-22-45-35(47)17-18-36(45)48/h5,7-8,12-13,15-18,24-26H,6,9-11,14,19-23H2,1-4H3,(H2-,41,46,49,50,51,52,53,54). The van der Waals surface area contributed by atoms with E-state index in [0.717, 1.165) is 44.9 Å². The van der Waals surface area contributed by atoms with Crippen LogP contribution in [0.15, 0.2) is 93.1 Å². The SMILES string of the molecule is CC1(C)C(/C=C/C=C/C=C2\N(CCCCCC(=O)NCCN3C(=O)C=CC3=O)c3ccc(S(=O)(=O)[O-])cc3C2(C)C)=Nc2c1cc(Br)c[n+]2CCCS(=O)(=O)O. The van der Waals surface area contributed by atoms with E-state index in [1.807, 2.05) is 61.1 Å². The van der Waals surface area contributed by atoms with Crippen LogP contribution in [0.3, 0.4) is 0 Å². The number of benzene rings is 1. The lowest BCUT2D eigenvalue weighted by Gasteiger charge is -2.27. The maximum atomic E-state index is 12.4. The Morgan fingerprint density at radius 2 is 1.64 bits per heavy atom. The lowest BCUT2D eigenvalue weighted by molar-refractivity contribution is -0.684. The highest BCUT2D eigenvalue weighted by molar-refractivity contribution is 9.10. The Hall–Kier alpha value is -4.29. The second-order valence-corrected chi connectivity index (χ2v) is 18.7. The van der Waals surface area contributed by atoms with E-state index >= 15 is 0 Å². The molecule has 56 heavy (non-hydrogen) atoms. The average molecular weight is 873 g/mol. The Morgan fingerprint density at radius 1 is 0.929 bits per heavy atom. The summed E-state index contributed by atoms with van der Waals surface area (Å²) in [5.41, 5.74) is 3.08. The number of nitrogens with one attached hydrogen (secondary N) is 1. The van der Waals surface area contributed by atoms with Gasteiger partial charge in [0.25, 0.3) is 21.9 Å². The van der Waals surface area contributed by atoms with Crippen LogP contribution in [0.25, 0.3) is 0 Å². The van der Waals surface area contributed by atoms with Gasteiger partial charge in [0.1, 0.15) is 16.3 Å².